The molecule has 0 spiro atoms. The zero-order valence-electron chi connectivity index (χ0n) is 12.6. The Kier molecular flexibility index (Phi) is 5.33. The van der Waals surface area contributed by atoms with E-state index < -0.39 is 0 Å². The zero-order chi connectivity index (χ0) is 15.2. The number of hydrogen-bond acceptors (Lipinski definition) is 3. The molecule has 0 saturated carbocycles. The molecular formula is C16H23N3O2. The van der Waals surface area contributed by atoms with E-state index in [1.165, 1.54) is 6.92 Å². The monoisotopic (exact) mass is 289 g/mol. The van der Waals surface area contributed by atoms with Gasteiger partial charge in [-0.1, -0.05) is 12.1 Å². The molecule has 3 N–H and O–H groups in total. The minimum atomic E-state index is -0.0585. The predicted octanol–water partition coefficient (Wildman–Crippen LogP) is 1.19. The van der Waals surface area contributed by atoms with Crippen molar-refractivity contribution >= 4 is 11.8 Å². The third kappa shape index (κ3) is 4.86. The molecule has 5 nitrogen and oxygen atoms in total. The normalized spacial score (nSPS) is 21.6. The van der Waals surface area contributed by atoms with Crippen molar-refractivity contribution in [3.8, 4) is 0 Å². The van der Waals surface area contributed by atoms with Gasteiger partial charge >= 0.3 is 0 Å². The third-order valence-electron chi connectivity index (χ3n) is 3.72. The van der Waals surface area contributed by atoms with E-state index in [0.29, 0.717) is 18.2 Å². The quantitative estimate of drug-likeness (QED) is 0.780. The Morgan fingerprint density at radius 2 is 2.00 bits per heavy atom. The van der Waals surface area contributed by atoms with Crippen molar-refractivity contribution in [2.75, 3.05) is 6.54 Å². The van der Waals surface area contributed by atoms with Gasteiger partial charge in [-0.3, -0.25) is 9.59 Å². The van der Waals surface area contributed by atoms with Gasteiger partial charge in [-0.2, -0.15) is 0 Å². The van der Waals surface area contributed by atoms with Gasteiger partial charge in [0.25, 0.3) is 5.91 Å². The summed E-state index contributed by atoms with van der Waals surface area (Å²) in [6.07, 6.45) is 1.93. The van der Waals surface area contributed by atoms with Crippen molar-refractivity contribution in [2.24, 2.45) is 0 Å². The van der Waals surface area contributed by atoms with Gasteiger partial charge in [0.2, 0.25) is 5.91 Å². The summed E-state index contributed by atoms with van der Waals surface area (Å²) in [5, 5.41) is 9.19. The highest BCUT2D eigenvalue weighted by Crippen LogP contribution is 2.10. The fourth-order valence-corrected chi connectivity index (χ4v) is 2.53. The molecule has 114 valence electrons. The summed E-state index contributed by atoms with van der Waals surface area (Å²) >= 11 is 0. The highest BCUT2D eigenvalue weighted by molar-refractivity contribution is 5.94. The van der Waals surface area contributed by atoms with Gasteiger partial charge in [-0.25, -0.2) is 0 Å². The van der Waals surface area contributed by atoms with Gasteiger partial charge in [-0.15, -0.1) is 0 Å². The molecule has 21 heavy (non-hydrogen) atoms. The van der Waals surface area contributed by atoms with Crippen LogP contribution in [0.5, 0.6) is 0 Å². The van der Waals surface area contributed by atoms with Crippen LogP contribution in [0.25, 0.3) is 0 Å². The summed E-state index contributed by atoms with van der Waals surface area (Å²) < 4.78 is 0. The van der Waals surface area contributed by atoms with Crippen LogP contribution >= 0.6 is 0 Å². The molecule has 1 fully saturated rings. The molecule has 0 aliphatic carbocycles. The van der Waals surface area contributed by atoms with E-state index in [0.717, 1.165) is 24.9 Å². The number of hydrogen-bond donors (Lipinski definition) is 3. The van der Waals surface area contributed by atoms with Gasteiger partial charge in [0.15, 0.2) is 0 Å². The molecule has 1 aliphatic rings. The van der Waals surface area contributed by atoms with Crippen LogP contribution in [-0.4, -0.2) is 30.4 Å². The maximum Gasteiger partial charge on any atom is 0.251 e. The zero-order valence-corrected chi connectivity index (χ0v) is 12.6. The molecule has 5 heteroatoms. The van der Waals surface area contributed by atoms with Crippen LogP contribution in [0.1, 0.15) is 42.6 Å². The molecule has 1 aromatic carbocycles. The lowest BCUT2D eigenvalue weighted by Gasteiger charge is -2.28. The lowest BCUT2D eigenvalue weighted by Crippen LogP contribution is -2.46. The van der Waals surface area contributed by atoms with E-state index in [1.807, 2.05) is 12.1 Å². The van der Waals surface area contributed by atoms with E-state index in [-0.39, 0.29) is 17.9 Å². The lowest BCUT2D eigenvalue weighted by molar-refractivity contribution is -0.119. The van der Waals surface area contributed by atoms with E-state index >= 15 is 0 Å². The van der Waals surface area contributed by atoms with Gasteiger partial charge in [-0.05, 0) is 44.0 Å². The van der Waals surface area contributed by atoms with Crippen LogP contribution in [0, 0.1) is 0 Å². The minimum Gasteiger partial charge on any atom is -0.352 e. The first-order valence-electron chi connectivity index (χ1n) is 7.42. The average molecular weight is 289 g/mol. The van der Waals surface area contributed by atoms with E-state index in [4.69, 9.17) is 0 Å². The molecule has 0 aromatic heterocycles. The molecule has 0 radical (unpaired) electrons. The number of nitrogens with one attached hydrogen (secondary N) is 3. The Labute approximate surface area is 125 Å². The maximum atomic E-state index is 12.2. The van der Waals surface area contributed by atoms with Crippen molar-refractivity contribution in [2.45, 2.75) is 45.3 Å². The Hall–Kier alpha value is -1.88. The molecule has 0 bridgehead atoms. The first-order chi connectivity index (χ1) is 10.0. The van der Waals surface area contributed by atoms with Gasteiger partial charge in [0, 0.05) is 31.1 Å². The van der Waals surface area contributed by atoms with Crippen molar-refractivity contribution in [1.29, 1.82) is 0 Å². The van der Waals surface area contributed by atoms with Crippen LogP contribution in [0.15, 0.2) is 24.3 Å². The first kappa shape index (κ1) is 15.5. The van der Waals surface area contributed by atoms with Crippen molar-refractivity contribution in [3.05, 3.63) is 35.4 Å². The van der Waals surface area contributed by atoms with Gasteiger partial charge in [0.1, 0.15) is 0 Å². The Morgan fingerprint density at radius 1 is 1.29 bits per heavy atom. The smallest absolute Gasteiger partial charge is 0.251 e. The first-order valence-corrected chi connectivity index (χ1v) is 7.42. The summed E-state index contributed by atoms with van der Waals surface area (Å²) in [4.78, 5) is 23.1. The van der Waals surface area contributed by atoms with E-state index in [1.54, 1.807) is 12.1 Å². The molecule has 2 unspecified atom stereocenters. The number of carbonyl (C=O) groups excluding carboxylic acids is 2. The summed E-state index contributed by atoms with van der Waals surface area (Å²) in [7, 11) is 0. The fourth-order valence-electron chi connectivity index (χ4n) is 2.53. The van der Waals surface area contributed by atoms with Crippen LogP contribution in [0.4, 0.5) is 0 Å². The SMILES string of the molecule is CC(=O)NCc1ccc(C(=O)NC2CCNC(C)C2)cc1. The van der Waals surface area contributed by atoms with Crippen molar-refractivity contribution in [1.82, 2.24) is 16.0 Å². The number of carbonyl (C=O) groups is 2. The molecule has 1 aromatic rings. The molecule has 1 saturated heterocycles. The van der Waals surface area contributed by atoms with Crippen LogP contribution in [0.2, 0.25) is 0 Å². The second-order valence-electron chi connectivity index (χ2n) is 5.66. The largest absolute Gasteiger partial charge is 0.352 e. The van der Waals surface area contributed by atoms with Crippen LogP contribution < -0.4 is 16.0 Å². The molecular weight excluding hydrogens is 266 g/mol. The predicted molar refractivity (Wildman–Crippen MR) is 81.9 cm³/mol. The van der Waals surface area contributed by atoms with E-state index in [2.05, 4.69) is 22.9 Å². The highest BCUT2D eigenvalue weighted by atomic mass is 16.2. The second kappa shape index (κ2) is 7.22. The average Bonchev–Trinajstić information content (AvgIpc) is 2.45. The standard InChI is InChI=1S/C16H23N3O2/c1-11-9-15(7-8-17-11)19-16(21)14-5-3-13(4-6-14)10-18-12(2)20/h3-6,11,15,17H,7-10H2,1-2H3,(H,18,20)(H,19,21). The summed E-state index contributed by atoms with van der Waals surface area (Å²) in [5.74, 6) is -0.0861. The number of rotatable bonds is 4. The fraction of sp³-hybridized carbons (Fsp3) is 0.500. The topological polar surface area (TPSA) is 70.2 Å². The minimum absolute atomic E-state index is 0.0276. The molecule has 2 amide bonds. The van der Waals surface area contributed by atoms with Gasteiger partial charge in [0.05, 0.1) is 0 Å². The van der Waals surface area contributed by atoms with E-state index in [9.17, 15) is 9.59 Å². The number of benzene rings is 1. The van der Waals surface area contributed by atoms with Gasteiger partial charge < -0.3 is 16.0 Å². The maximum absolute atomic E-state index is 12.2. The number of amides is 2. The number of piperidine rings is 1. The van der Waals surface area contributed by atoms with Crippen molar-refractivity contribution < 1.29 is 9.59 Å². The molecule has 1 aliphatic heterocycles. The van der Waals surface area contributed by atoms with Crippen LogP contribution in [-0.2, 0) is 11.3 Å². The lowest BCUT2D eigenvalue weighted by atomic mass is 10.00. The summed E-state index contributed by atoms with van der Waals surface area (Å²) in [5.41, 5.74) is 1.64. The Bertz CT molecular complexity index is 499. The third-order valence-corrected chi connectivity index (χ3v) is 3.72. The summed E-state index contributed by atoms with van der Waals surface area (Å²) in [6.45, 7) is 5.06. The van der Waals surface area contributed by atoms with Crippen LogP contribution in [0.3, 0.4) is 0 Å². The molecule has 1 heterocycles. The second-order valence-corrected chi connectivity index (χ2v) is 5.66. The Balaban J connectivity index is 1.88. The van der Waals surface area contributed by atoms with Crippen molar-refractivity contribution in [3.63, 3.8) is 0 Å². The Morgan fingerprint density at radius 3 is 2.62 bits per heavy atom. The molecule has 2 atom stereocenters. The summed E-state index contributed by atoms with van der Waals surface area (Å²) in [6, 6.07) is 8.04. The highest BCUT2D eigenvalue weighted by Gasteiger charge is 2.20. The molecule has 2 rings (SSSR count).